The number of hydrogen-bond donors (Lipinski definition) is 2. The largest absolute Gasteiger partial charge is 0.321 e. The molecule has 1 unspecified atom stereocenters. The second kappa shape index (κ2) is 6.85. The number of carbonyl (C=O) groups excluding carboxylic acids is 1. The quantitative estimate of drug-likeness (QED) is 0.888. The lowest BCUT2D eigenvalue weighted by Gasteiger charge is -2.29. The summed E-state index contributed by atoms with van der Waals surface area (Å²) in [5, 5.41) is 5.20. The monoisotopic (exact) mass is 329 g/mol. The fourth-order valence-electron chi connectivity index (χ4n) is 3.25. The molecule has 3 nitrogen and oxygen atoms in total. The van der Waals surface area contributed by atoms with Crippen LogP contribution in [0.2, 0.25) is 0 Å². The van der Waals surface area contributed by atoms with Crippen LogP contribution in [0.25, 0.3) is 0 Å². The zero-order valence-corrected chi connectivity index (χ0v) is 14.9. The molecule has 0 bridgehead atoms. The van der Waals surface area contributed by atoms with Crippen molar-refractivity contribution in [3.8, 4) is 0 Å². The van der Waals surface area contributed by atoms with E-state index >= 15 is 0 Å². The highest BCUT2D eigenvalue weighted by Crippen LogP contribution is 2.24. The highest BCUT2D eigenvalue weighted by atomic mass is 32.1. The minimum atomic E-state index is 0.0998. The fraction of sp³-hybridized carbons (Fsp3) is 0.421. The summed E-state index contributed by atoms with van der Waals surface area (Å²) < 4.78 is 0. The van der Waals surface area contributed by atoms with Crippen molar-refractivity contribution >= 4 is 22.9 Å². The fourth-order valence-corrected chi connectivity index (χ4v) is 4.23. The van der Waals surface area contributed by atoms with E-state index in [2.05, 4.69) is 49.7 Å². The molecule has 2 atom stereocenters. The van der Waals surface area contributed by atoms with Gasteiger partial charge in [0.1, 0.15) is 6.04 Å². The topological polar surface area (TPSA) is 33.5 Å². The van der Waals surface area contributed by atoms with Crippen LogP contribution in [0.15, 0.2) is 35.7 Å². The second-order valence-corrected chi connectivity index (χ2v) is 7.68. The van der Waals surface area contributed by atoms with Gasteiger partial charge in [-0.1, -0.05) is 26.0 Å². The average Bonchev–Trinajstić information content (AvgIpc) is 3.00. The molecular formula is C19H25N2OS+. The van der Waals surface area contributed by atoms with Crippen molar-refractivity contribution in [2.24, 2.45) is 0 Å². The Bertz CT molecular complexity index is 675. The van der Waals surface area contributed by atoms with E-state index in [1.807, 2.05) is 23.5 Å². The third-order valence-electron chi connectivity index (χ3n) is 4.78. The molecule has 0 spiro atoms. The van der Waals surface area contributed by atoms with E-state index in [1.54, 1.807) is 0 Å². The third kappa shape index (κ3) is 3.65. The maximum atomic E-state index is 12.4. The number of amides is 1. The Morgan fingerprint density at radius 1 is 1.30 bits per heavy atom. The van der Waals surface area contributed by atoms with E-state index in [9.17, 15) is 4.79 Å². The number of hydrogen-bond acceptors (Lipinski definition) is 2. The lowest BCUT2D eigenvalue weighted by molar-refractivity contribution is -0.923. The number of fused-ring (bicyclic) bond motifs is 1. The molecule has 0 fully saturated rings. The van der Waals surface area contributed by atoms with Crippen LogP contribution in [0.4, 0.5) is 5.69 Å². The molecule has 3 rings (SSSR count). The second-order valence-electron chi connectivity index (χ2n) is 6.68. The van der Waals surface area contributed by atoms with Crippen LogP contribution in [0.5, 0.6) is 0 Å². The van der Waals surface area contributed by atoms with Crippen LogP contribution in [0.3, 0.4) is 0 Å². The van der Waals surface area contributed by atoms with Crippen molar-refractivity contribution in [2.45, 2.75) is 39.2 Å². The summed E-state index contributed by atoms with van der Waals surface area (Å²) in [5.41, 5.74) is 3.60. The van der Waals surface area contributed by atoms with Gasteiger partial charge in [-0.25, -0.2) is 0 Å². The summed E-state index contributed by atoms with van der Waals surface area (Å²) in [5.74, 6) is 0.612. The predicted molar refractivity (Wildman–Crippen MR) is 96.3 cm³/mol. The highest BCUT2D eigenvalue weighted by molar-refractivity contribution is 7.10. The molecule has 1 amide bonds. The standard InChI is InChI=1S/C19H24N2OS/c1-13(2)15-4-6-16(7-5-15)20-19(22)12-21-10-8-18-17(14(21)3)9-11-23-18/h4-7,9,11,13-14H,8,10,12H2,1-3H3,(H,20,22)/p+1/t14-/m1/s1. The molecule has 1 aliphatic heterocycles. The van der Waals surface area contributed by atoms with Gasteiger partial charge in [0, 0.05) is 22.5 Å². The zero-order chi connectivity index (χ0) is 16.4. The maximum absolute atomic E-state index is 12.4. The first-order chi connectivity index (χ1) is 11.0. The molecule has 2 N–H and O–H groups in total. The first kappa shape index (κ1) is 16.2. The van der Waals surface area contributed by atoms with Gasteiger partial charge in [-0.15, -0.1) is 11.3 Å². The molecule has 122 valence electrons. The van der Waals surface area contributed by atoms with Gasteiger partial charge in [-0.05, 0) is 42.0 Å². The molecule has 1 aliphatic rings. The number of rotatable bonds is 4. The Hall–Kier alpha value is -1.65. The molecule has 1 aromatic carbocycles. The minimum absolute atomic E-state index is 0.0998. The Kier molecular flexibility index (Phi) is 4.83. The number of thiophene rings is 1. The Morgan fingerprint density at radius 2 is 2.04 bits per heavy atom. The molecular weight excluding hydrogens is 304 g/mol. The van der Waals surface area contributed by atoms with Gasteiger partial charge in [-0.3, -0.25) is 4.79 Å². The van der Waals surface area contributed by atoms with Crippen LogP contribution in [-0.2, 0) is 11.2 Å². The van der Waals surface area contributed by atoms with Crippen molar-refractivity contribution in [1.82, 2.24) is 0 Å². The summed E-state index contributed by atoms with van der Waals surface area (Å²) in [6.07, 6.45) is 1.09. The number of nitrogens with one attached hydrogen (secondary N) is 2. The molecule has 23 heavy (non-hydrogen) atoms. The van der Waals surface area contributed by atoms with Gasteiger partial charge < -0.3 is 10.2 Å². The average molecular weight is 329 g/mol. The van der Waals surface area contributed by atoms with Crippen molar-refractivity contribution in [3.05, 3.63) is 51.7 Å². The molecule has 4 heteroatoms. The summed E-state index contributed by atoms with van der Waals surface area (Å²) in [4.78, 5) is 15.2. The lowest BCUT2D eigenvalue weighted by Crippen LogP contribution is -3.14. The molecule has 0 aliphatic carbocycles. The van der Waals surface area contributed by atoms with Gasteiger partial charge in [0.15, 0.2) is 6.54 Å². The van der Waals surface area contributed by atoms with E-state index in [4.69, 9.17) is 0 Å². The summed E-state index contributed by atoms with van der Waals surface area (Å²) in [7, 11) is 0. The van der Waals surface area contributed by atoms with Crippen LogP contribution >= 0.6 is 11.3 Å². The van der Waals surface area contributed by atoms with Crippen LogP contribution in [0, 0.1) is 0 Å². The first-order valence-electron chi connectivity index (χ1n) is 8.35. The smallest absolute Gasteiger partial charge is 0.279 e. The van der Waals surface area contributed by atoms with Gasteiger partial charge in [0.05, 0.1) is 6.54 Å². The maximum Gasteiger partial charge on any atom is 0.279 e. The van der Waals surface area contributed by atoms with E-state index in [-0.39, 0.29) is 5.91 Å². The van der Waals surface area contributed by atoms with E-state index in [0.717, 1.165) is 18.7 Å². The number of carbonyl (C=O) groups is 1. The Morgan fingerprint density at radius 3 is 2.74 bits per heavy atom. The molecule has 0 saturated carbocycles. The number of anilines is 1. The van der Waals surface area contributed by atoms with Crippen molar-refractivity contribution in [1.29, 1.82) is 0 Å². The number of benzene rings is 1. The summed E-state index contributed by atoms with van der Waals surface area (Å²) in [6, 6.07) is 10.8. The lowest BCUT2D eigenvalue weighted by atomic mass is 10.0. The van der Waals surface area contributed by atoms with Gasteiger partial charge >= 0.3 is 0 Å². The predicted octanol–water partition coefficient (Wildman–Crippen LogP) is 3.01. The van der Waals surface area contributed by atoms with E-state index in [0.29, 0.717) is 18.5 Å². The normalized spacial score (nSPS) is 20.3. The van der Waals surface area contributed by atoms with Crippen LogP contribution in [-0.4, -0.2) is 19.0 Å². The van der Waals surface area contributed by atoms with E-state index < -0.39 is 0 Å². The molecule has 0 saturated heterocycles. The Labute approximate surface area is 142 Å². The molecule has 2 aromatic rings. The molecule has 0 radical (unpaired) electrons. The van der Waals surface area contributed by atoms with Crippen LogP contribution < -0.4 is 10.2 Å². The summed E-state index contributed by atoms with van der Waals surface area (Å²) >= 11 is 1.84. The number of quaternary nitrogens is 1. The zero-order valence-electron chi connectivity index (χ0n) is 14.1. The first-order valence-corrected chi connectivity index (χ1v) is 9.23. The van der Waals surface area contributed by atoms with E-state index in [1.165, 1.54) is 20.9 Å². The minimum Gasteiger partial charge on any atom is -0.321 e. The molecule has 2 heterocycles. The highest BCUT2D eigenvalue weighted by Gasteiger charge is 2.29. The molecule has 1 aromatic heterocycles. The third-order valence-corrected chi connectivity index (χ3v) is 5.78. The van der Waals surface area contributed by atoms with Gasteiger partial charge in [-0.2, -0.15) is 0 Å². The van der Waals surface area contributed by atoms with Gasteiger partial charge in [0.25, 0.3) is 5.91 Å². The van der Waals surface area contributed by atoms with Gasteiger partial charge in [0.2, 0.25) is 0 Å². The Balaban J connectivity index is 1.59. The van der Waals surface area contributed by atoms with Crippen LogP contribution in [0.1, 0.15) is 48.7 Å². The summed E-state index contributed by atoms with van der Waals surface area (Å²) in [6.45, 7) is 8.14. The van der Waals surface area contributed by atoms with Crippen molar-refractivity contribution < 1.29 is 9.69 Å². The SMILES string of the molecule is CC(C)c1ccc(NC(=O)C[NH+]2CCc3sccc3[C@H]2C)cc1. The van der Waals surface area contributed by atoms with Crippen molar-refractivity contribution in [2.75, 3.05) is 18.4 Å². The van der Waals surface area contributed by atoms with Crippen molar-refractivity contribution in [3.63, 3.8) is 0 Å².